The third kappa shape index (κ3) is 4.95. The van der Waals surface area contributed by atoms with Gasteiger partial charge in [0.2, 0.25) is 0 Å². The van der Waals surface area contributed by atoms with Crippen molar-refractivity contribution in [3.05, 3.63) is 82.8 Å². The van der Waals surface area contributed by atoms with Crippen molar-refractivity contribution in [3.63, 3.8) is 0 Å². The maximum atomic E-state index is 14.2. The van der Waals surface area contributed by atoms with E-state index in [-0.39, 0.29) is 22.4 Å². The van der Waals surface area contributed by atoms with Crippen LogP contribution in [-0.4, -0.2) is 51.1 Å². The Labute approximate surface area is 213 Å². The summed E-state index contributed by atoms with van der Waals surface area (Å²) >= 11 is 0. The number of nitrogens with one attached hydrogen (secondary N) is 1. The molecule has 2 aliphatic rings. The molecule has 1 aliphatic carbocycles. The zero-order chi connectivity index (χ0) is 26.2. The number of nitrogens with zero attached hydrogens (tertiary/aromatic N) is 3. The number of hydrogen-bond acceptors (Lipinski definition) is 6. The molecule has 0 atom stereocenters. The topological polar surface area (TPSA) is 95.2 Å². The number of piperazine rings is 1. The fourth-order valence-electron chi connectivity index (χ4n) is 4.77. The molecule has 1 aromatic heterocycles. The van der Waals surface area contributed by atoms with Crippen molar-refractivity contribution in [2.24, 2.45) is 5.10 Å². The third-order valence-corrected chi connectivity index (χ3v) is 7.93. The van der Waals surface area contributed by atoms with Gasteiger partial charge in [-0.05, 0) is 56.2 Å². The Balaban J connectivity index is 1.33. The molecule has 11 heteroatoms. The highest BCUT2D eigenvalue weighted by molar-refractivity contribution is 7.89. The summed E-state index contributed by atoms with van der Waals surface area (Å²) in [6.07, 6.45) is 1.80. The monoisotopic (exact) mass is 528 g/mol. The van der Waals surface area contributed by atoms with E-state index in [1.807, 2.05) is 4.90 Å². The van der Waals surface area contributed by atoms with E-state index in [2.05, 4.69) is 9.93 Å². The van der Waals surface area contributed by atoms with Crippen molar-refractivity contribution in [2.45, 2.75) is 31.1 Å². The first kappa shape index (κ1) is 24.9. The van der Waals surface area contributed by atoms with Gasteiger partial charge in [-0.2, -0.15) is 18.4 Å². The highest BCUT2D eigenvalue weighted by Crippen LogP contribution is 2.31. The summed E-state index contributed by atoms with van der Waals surface area (Å²) in [6, 6.07) is 11.0. The van der Waals surface area contributed by atoms with Crippen LogP contribution in [0.4, 0.5) is 14.5 Å². The average molecular weight is 529 g/mol. The number of hydrazone groups is 1. The van der Waals surface area contributed by atoms with Crippen LogP contribution in [0.5, 0.6) is 0 Å². The summed E-state index contributed by atoms with van der Waals surface area (Å²) in [7, 11) is -3.99. The van der Waals surface area contributed by atoms with E-state index >= 15 is 0 Å². The minimum absolute atomic E-state index is 0.108. The molecule has 0 saturated carbocycles. The van der Waals surface area contributed by atoms with Crippen molar-refractivity contribution >= 4 is 27.3 Å². The number of hydrogen-bond donors (Lipinski definition) is 1. The maximum absolute atomic E-state index is 14.2. The second kappa shape index (κ2) is 9.97. The molecular weight excluding hydrogens is 502 g/mol. The SMILES string of the molecule is Cc1c(C(=O)N2CCN(c3ccccc3F)CC2)oc2c1/C(=N/NS(=O)(=O)c1ccc(F)cc1)CCC2. The van der Waals surface area contributed by atoms with Crippen LogP contribution in [0.1, 0.15) is 40.3 Å². The molecule has 1 aliphatic heterocycles. The first-order valence-corrected chi connectivity index (χ1v) is 13.5. The number of carbonyl (C=O) groups excluding carboxylic acids is 1. The standard InChI is InChI=1S/C26H26F2N4O4S/c1-17-24-21(29-30-37(34,35)19-11-9-18(27)10-12-19)6-4-8-23(24)36-25(17)26(33)32-15-13-31(14-16-32)22-7-3-2-5-20(22)28/h2-3,5,7,9-12,30H,4,6,8,13-16H2,1H3/b29-21+. The minimum Gasteiger partial charge on any atom is -0.455 e. The van der Waals surface area contributed by atoms with Crippen molar-refractivity contribution in [3.8, 4) is 0 Å². The van der Waals surface area contributed by atoms with Crippen LogP contribution >= 0.6 is 0 Å². The molecule has 1 fully saturated rings. The van der Waals surface area contributed by atoms with E-state index < -0.39 is 15.8 Å². The Kier molecular flexibility index (Phi) is 6.72. The number of halogens is 2. The van der Waals surface area contributed by atoms with Crippen LogP contribution in [0.3, 0.4) is 0 Å². The van der Waals surface area contributed by atoms with Gasteiger partial charge in [0.1, 0.15) is 17.4 Å². The number of furan rings is 1. The molecule has 1 saturated heterocycles. The number of amides is 1. The van der Waals surface area contributed by atoms with Crippen LogP contribution in [0.2, 0.25) is 0 Å². The molecule has 2 aromatic carbocycles. The van der Waals surface area contributed by atoms with Gasteiger partial charge in [-0.15, -0.1) is 0 Å². The Morgan fingerprint density at radius 1 is 1.00 bits per heavy atom. The molecule has 0 unspecified atom stereocenters. The lowest BCUT2D eigenvalue weighted by Crippen LogP contribution is -2.49. The number of aryl methyl sites for hydroxylation is 1. The van der Waals surface area contributed by atoms with Gasteiger partial charge in [-0.1, -0.05) is 12.1 Å². The van der Waals surface area contributed by atoms with Crippen molar-refractivity contribution in [1.29, 1.82) is 0 Å². The fourth-order valence-corrected chi connectivity index (χ4v) is 5.60. The lowest BCUT2D eigenvalue weighted by molar-refractivity contribution is 0.0711. The predicted molar refractivity (Wildman–Crippen MR) is 134 cm³/mol. The first-order valence-electron chi connectivity index (χ1n) is 12.0. The smallest absolute Gasteiger partial charge is 0.289 e. The third-order valence-electron chi connectivity index (χ3n) is 6.70. The molecule has 0 bridgehead atoms. The molecule has 2 heterocycles. The van der Waals surface area contributed by atoms with Gasteiger partial charge in [0.15, 0.2) is 5.76 Å². The number of para-hydroxylation sites is 1. The quantitative estimate of drug-likeness (QED) is 0.508. The summed E-state index contributed by atoms with van der Waals surface area (Å²) < 4.78 is 58.5. The van der Waals surface area contributed by atoms with Crippen LogP contribution in [0.15, 0.2) is 62.9 Å². The summed E-state index contributed by atoms with van der Waals surface area (Å²) in [4.78, 5) is 19.1. The van der Waals surface area contributed by atoms with Gasteiger partial charge in [0.05, 0.1) is 16.3 Å². The molecule has 37 heavy (non-hydrogen) atoms. The van der Waals surface area contributed by atoms with Gasteiger partial charge < -0.3 is 14.2 Å². The highest BCUT2D eigenvalue weighted by atomic mass is 32.2. The van der Waals surface area contributed by atoms with Crippen LogP contribution in [0, 0.1) is 18.6 Å². The summed E-state index contributed by atoms with van der Waals surface area (Å²) in [5.41, 5.74) is 2.25. The van der Waals surface area contributed by atoms with E-state index in [1.54, 1.807) is 30.0 Å². The molecule has 8 nitrogen and oxygen atoms in total. The summed E-state index contributed by atoms with van der Waals surface area (Å²) in [6.45, 7) is 3.57. The van der Waals surface area contributed by atoms with E-state index in [1.165, 1.54) is 6.07 Å². The van der Waals surface area contributed by atoms with Gasteiger partial charge in [-0.25, -0.2) is 8.78 Å². The Hall–Kier alpha value is -3.73. The molecule has 5 rings (SSSR count). The van der Waals surface area contributed by atoms with Crippen molar-refractivity contribution in [2.75, 3.05) is 31.1 Å². The molecule has 1 amide bonds. The van der Waals surface area contributed by atoms with Crippen LogP contribution in [0.25, 0.3) is 0 Å². The molecule has 0 radical (unpaired) electrons. The Morgan fingerprint density at radius 3 is 2.41 bits per heavy atom. The molecule has 194 valence electrons. The molecule has 1 N–H and O–H groups in total. The Bertz CT molecular complexity index is 1460. The van der Waals surface area contributed by atoms with E-state index in [0.717, 1.165) is 24.3 Å². The zero-order valence-corrected chi connectivity index (χ0v) is 21.0. The average Bonchev–Trinajstić information content (AvgIpc) is 3.24. The lowest BCUT2D eigenvalue weighted by atomic mass is 9.93. The van der Waals surface area contributed by atoms with Crippen molar-refractivity contribution in [1.82, 2.24) is 9.73 Å². The number of anilines is 1. The minimum atomic E-state index is -3.99. The fraction of sp³-hybridized carbons (Fsp3) is 0.308. The molecule has 3 aromatic rings. The lowest BCUT2D eigenvalue weighted by Gasteiger charge is -2.35. The van der Waals surface area contributed by atoms with Gasteiger partial charge >= 0.3 is 0 Å². The number of fused-ring (bicyclic) bond motifs is 1. The first-order chi connectivity index (χ1) is 17.7. The van der Waals surface area contributed by atoms with Gasteiger partial charge in [0.25, 0.3) is 15.9 Å². The summed E-state index contributed by atoms with van der Waals surface area (Å²) in [5, 5.41) is 4.15. The second-order valence-corrected chi connectivity index (χ2v) is 10.7. The number of benzene rings is 2. The van der Waals surface area contributed by atoms with Crippen LogP contribution < -0.4 is 9.73 Å². The maximum Gasteiger partial charge on any atom is 0.289 e. The zero-order valence-electron chi connectivity index (χ0n) is 20.2. The number of sulfonamides is 1. The van der Waals surface area contributed by atoms with Crippen LogP contribution in [-0.2, 0) is 16.4 Å². The van der Waals surface area contributed by atoms with Crippen molar-refractivity contribution < 1.29 is 26.4 Å². The van der Waals surface area contributed by atoms with E-state index in [0.29, 0.717) is 73.7 Å². The summed E-state index contributed by atoms with van der Waals surface area (Å²) in [5.74, 6) is -0.288. The van der Waals surface area contributed by atoms with E-state index in [4.69, 9.17) is 4.42 Å². The largest absolute Gasteiger partial charge is 0.455 e. The normalized spacial score (nSPS) is 17.1. The molecule has 0 spiro atoms. The number of rotatable bonds is 5. The second-order valence-electron chi connectivity index (χ2n) is 9.05. The van der Waals surface area contributed by atoms with Gasteiger partial charge in [0, 0.05) is 43.7 Å². The number of carbonyl (C=O) groups is 1. The predicted octanol–water partition coefficient (Wildman–Crippen LogP) is 3.85. The Morgan fingerprint density at radius 2 is 1.70 bits per heavy atom. The molecular formula is C26H26F2N4O4S. The highest BCUT2D eigenvalue weighted by Gasteiger charge is 2.32. The van der Waals surface area contributed by atoms with E-state index in [9.17, 15) is 22.0 Å². The van der Waals surface area contributed by atoms with Gasteiger partial charge in [-0.3, -0.25) is 4.79 Å².